The van der Waals surface area contributed by atoms with E-state index in [1.807, 2.05) is 11.6 Å². The zero-order valence-corrected chi connectivity index (χ0v) is 10.6. The molecule has 0 spiro atoms. The molecule has 0 fully saturated rings. The van der Waals surface area contributed by atoms with Crippen LogP contribution >= 0.6 is 11.3 Å². The lowest BCUT2D eigenvalue weighted by Crippen LogP contribution is -2.06. The fourth-order valence-electron chi connectivity index (χ4n) is 1.59. The van der Waals surface area contributed by atoms with Crippen LogP contribution in [0.2, 0.25) is 0 Å². The molecule has 1 aromatic carbocycles. The number of benzene rings is 1. The van der Waals surface area contributed by atoms with Crippen LogP contribution in [0.4, 0.5) is 5.69 Å². The summed E-state index contributed by atoms with van der Waals surface area (Å²) in [4.78, 5) is 4.31. The van der Waals surface area contributed by atoms with Gasteiger partial charge in [-0.15, -0.1) is 11.3 Å². The van der Waals surface area contributed by atoms with E-state index in [1.54, 1.807) is 11.3 Å². The number of hydrogen-bond donors (Lipinski definition) is 1. The summed E-state index contributed by atoms with van der Waals surface area (Å²) < 4.78 is 0. The Labute approximate surface area is 100 Å². The van der Waals surface area contributed by atoms with E-state index in [1.165, 1.54) is 11.1 Å². The van der Waals surface area contributed by atoms with Crippen LogP contribution in [0.25, 0.3) is 0 Å². The lowest BCUT2D eigenvalue weighted by Gasteiger charge is -2.13. The number of anilines is 1. The first-order chi connectivity index (χ1) is 7.66. The number of aromatic nitrogens is 1. The van der Waals surface area contributed by atoms with E-state index in [9.17, 15) is 0 Å². The third-order valence-electron chi connectivity index (χ3n) is 2.71. The highest BCUT2D eigenvalue weighted by molar-refractivity contribution is 7.09. The van der Waals surface area contributed by atoms with Crippen LogP contribution in [0.3, 0.4) is 0 Å². The summed E-state index contributed by atoms with van der Waals surface area (Å²) in [6.07, 6.45) is 1.85. The second kappa shape index (κ2) is 4.66. The van der Waals surface area contributed by atoms with Crippen LogP contribution in [0, 0.1) is 13.8 Å². The molecule has 0 bridgehead atoms. The zero-order valence-electron chi connectivity index (χ0n) is 9.82. The van der Waals surface area contributed by atoms with E-state index in [0.29, 0.717) is 0 Å². The van der Waals surface area contributed by atoms with Crippen molar-refractivity contribution in [1.82, 2.24) is 4.98 Å². The number of hydrogen-bond acceptors (Lipinski definition) is 3. The summed E-state index contributed by atoms with van der Waals surface area (Å²) in [7, 11) is 0. The maximum atomic E-state index is 4.31. The quantitative estimate of drug-likeness (QED) is 0.867. The van der Waals surface area contributed by atoms with E-state index in [2.05, 4.69) is 49.3 Å². The Bertz CT molecular complexity index is 463. The minimum absolute atomic E-state index is 0.266. The van der Waals surface area contributed by atoms with Gasteiger partial charge in [-0.3, -0.25) is 0 Å². The molecule has 2 nitrogen and oxygen atoms in total. The fraction of sp³-hybridized carbons (Fsp3) is 0.308. The number of nitrogens with zero attached hydrogens (tertiary/aromatic N) is 1. The largest absolute Gasteiger partial charge is 0.376 e. The van der Waals surface area contributed by atoms with Gasteiger partial charge in [0, 0.05) is 17.3 Å². The Balaban J connectivity index is 2.12. The van der Waals surface area contributed by atoms with Gasteiger partial charge in [-0.1, -0.05) is 6.07 Å². The summed E-state index contributed by atoms with van der Waals surface area (Å²) in [5.41, 5.74) is 3.80. The maximum Gasteiger partial charge on any atom is 0.115 e. The van der Waals surface area contributed by atoms with Gasteiger partial charge in [-0.25, -0.2) is 4.98 Å². The van der Waals surface area contributed by atoms with Crippen LogP contribution in [0.1, 0.15) is 29.1 Å². The standard InChI is InChI=1S/C13H16N2S/c1-9-4-5-12(8-10(9)2)15-11(3)13-14-6-7-16-13/h4-8,11,15H,1-3H3. The summed E-state index contributed by atoms with van der Waals surface area (Å²) in [5, 5.41) is 6.59. The highest BCUT2D eigenvalue weighted by Gasteiger charge is 2.07. The molecule has 0 amide bonds. The second-order valence-electron chi connectivity index (χ2n) is 4.04. The van der Waals surface area contributed by atoms with Crippen molar-refractivity contribution in [3.8, 4) is 0 Å². The topological polar surface area (TPSA) is 24.9 Å². The summed E-state index contributed by atoms with van der Waals surface area (Å²) in [6, 6.07) is 6.71. The number of aryl methyl sites for hydroxylation is 2. The minimum atomic E-state index is 0.266. The molecule has 2 rings (SSSR count). The monoisotopic (exact) mass is 232 g/mol. The van der Waals surface area contributed by atoms with Gasteiger partial charge in [-0.05, 0) is 44.0 Å². The predicted molar refractivity (Wildman–Crippen MR) is 70.1 cm³/mol. The average molecular weight is 232 g/mol. The first kappa shape index (κ1) is 11.1. The number of nitrogens with one attached hydrogen (secondary N) is 1. The van der Waals surface area contributed by atoms with Crippen LogP contribution in [-0.4, -0.2) is 4.98 Å². The molecule has 3 heteroatoms. The molecule has 1 heterocycles. The van der Waals surface area contributed by atoms with E-state index in [-0.39, 0.29) is 6.04 Å². The molecule has 0 radical (unpaired) electrons. The molecule has 1 unspecified atom stereocenters. The van der Waals surface area contributed by atoms with Gasteiger partial charge in [0.2, 0.25) is 0 Å². The first-order valence-electron chi connectivity index (χ1n) is 5.40. The smallest absolute Gasteiger partial charge is 0.115 e. The SMILES string of the molecule is Cc1ccc(NC(C)c2nccs2)cc1C. The number of rotatable bonds is 3. The third kappa shape index (κ3) is 2.42. The van der Waals surface area contributed by atoms with Crippen molar-refractivity contribution in [1.29, 1.82) is 0 Å². The van der Waals surface area contributed by atoms with Gasteiger partial charge in [0.25, 0.3) is 0 Å². The van der Waals surface area contributed by atoms with Crippen LogP contribution in [0.5, 0.6) is 0 Å². The normalized spacial score (nSPS) is 12.4. The van der Waals surface area contributed by atoms with Crippen LogP contribution in [-0.2, 0) is 0 Å². The molecule has 0 saturated carbocycles. The van der Waals surface area contributed by atoms with Crippen molar-refractivity contribution in [3.05, 3.63) is 45.9 Å². The minimum Gasteiger partial charge on any atom is -0.376 e. The van der Waals surface area contributed by atoms with Gasteiger partial charge in [0.15, 0.2) is 0 Å². The highest BCUT2D eigenvalue weighted by Crippen LogP contribution is 2.22. The molecule has 0 aliphatic heterocycles. The molecule has 0 aliphatic rings. The molecule has 16 heavy (non-hydrogen) atoms. The van der Waals surface area contributed by atoms with E-state index < -0.39 is 0 Å². The molecule has 84 valence electrons. The molecular formula is C13H16N2S. The van der Waals surface area contributed by atoms with Crippen molar-refractivity contribution < 1.29 is 0 Å². The van der Waals surface area contributed by atoms with Gasteiger partial charge in [-0.2, -0.15) is 0 Å². The van der Waals surface area contributed by atoms with Gasteiger partial charge in [0.05, 0.1) is 6.04 Å². The number of thiazole rings is 1. The van der Waals surface area contributed by atoms with E-state index >= 15 is 0 Å². The third-order valence-corrected chi connectivity index (χ3v) is 3.67. The zero-order chi connectivity index (χ0) is 11.5. The van der Waals surface area contributed by atoms with Crippen molar-refractivity contribution in [3.63, 3.8) is 0 Å². The molecule has 0 aliphatic carbocycles. The Kier molecular flexibility index (Phi) is 3.25. The Morgan fingerprint density at radius 1 is 1.25 bits per heavy atom. The Morgan fingerprint density at radius 2 is 2.06 bits per heavy atom. The summed E-state index contributed by atoms with van der Waals surface area (Å²) >= 11 is 1.68. The van der Waals surface area contributed by atoms with E-state index in [0.717, 1.165) is 10.7 Å². The highest BCUT2D eigenvalue weighted by atomic mass is 32.1. The Hall–Kier alpha value is -1.35. The molecule has 1 atom stereocenters. The van der Waals surface area contributed by atoms with Gasteiger partial charge < -0.3 is 5.32 Å². The lowest BCUT2D eigenvalue weighted by molar-refractivity contribution is 0.869. The summed E-state index contributed by atoms with van der Waals surface area (Å²) in [5.74, 6) is 0. The van der Waals surface area contributed by atoms with Crippen LogP contribution < -0.4 is 5.32 Å². The van der Waals surface area contributed by atoms with Crippen molar-refractivity contribution in [2.75, 3.05) is 5.32 Å². The predicted octanol–water partition coefficient (Wildman–Crippen LogP) is 3.93. The van der Waals surface area contributed by atoms with Crippen LogP contribution in [0.15, 0.2) is 29.8 Å². The van der Waals surface area contributed by atoms with Crippen molar-refractivity contribution >= 4 is 17.0 Å². The summed E-state index contributed by atoms with van der Waals surface area (Å²) in [6.45, 7) is 6.39. The fourth-order valence-corrected chi connectivity index (χ4v) is 2.24. The van der Waals surface area contributed by atoms with Gasteiger partial charge in [0.1, 0.15) is 5.01 Å². The second-order valence-corrected chi connectivity index (χ2v) is 4.96. The average Bonchev–Trinajstić information content (AvgIpc) is 2.77. The van der Waals surface area contributed by atoms with Crippen molar-refractivity contribution in [2.45, 2.75) is 26.8 Å². The van der Waals surface area contributed by atoms with Crippen molar-refractivity contribution in [2.24, 2.45) is 0 Å². The molecule has 1 N–H and O–H groups in total. The molecule has 1 aromatic heterocycles. The Morgan fingerprint density at radius 3 is 2.69 bits per heavy atom. The molecule has 2 aromatic rings. The molecule has 0 saturated heterocycles. The maximum absolute atomic E-state index is 4.31. The first-order valence-corrected chi connectivity index (χ1v) is 6.28. The lowest BCUT2D eigenvalue weighted by atomic mass is 10.1. The van der Waals surface area contributed by atoms with E-state index in [4.69, 9.17) is 0 Å². The molecular weight excluding hydrogens is 216 g/mol. The van der Waals surface area contributed by atoms with Gasteiger partial charge >= 0.3 is 0 Å².